The summed E-state index contributed by atoms with van der Waals surface area (Å²) in [4.78, 5) is 0. The summed E-state index contributed by atoms with van der Waals surface area (Å²) in [5, 5.41) is 0.0922. The average Bonchev–Trinajstić information content (AvgIpc) is 3.13. The maximum absolute atomic E-state index is 6.56. The minimum absolute atomic E-state index is 0.0461. The van der Waals surface area contributed by atoms with E-state index in [2.05, 4.69) is 54.5 Å². The van der Waals surface area contributed by atoms with Crippen LogP contribution in [0.4, 0.5) is 0 Å². The first-order valence-corrected chi connectivity index (χ1v) is 15.0. The van der Waals surface area contributed by atoms with Gasteiger partial charge in [0, 0.05) is 10.1 Å². The fourth-order valence-corrected chi connectivity index (χ4v) is 9.83. The van der Waals surface area contributed by atoms with E-state index >= 15 is 0 Å². The first-order valence-electron chi connectivity index (χ1n) is 13.2. The summed E-state index contributed by atoms with van der Waals surface area (Å²) >= 11 is 0. The van der Waals surface area contributed by atoms with E-state index in [9.17, 15) is 0 Å². The third kappa shape index (κ3) is 10.4. The molecule has 0 aromatic heterocycles. The van der Waals surface area contributed by atoms with Crippen molar-refractivity contribution < 1.29 is 13.6 Å². The molecule has 0 amide bonds. The van der Waals surface area contributed by atoms with Gasteiger partial charge in [-0.05, 0) is 18.9 Å². The van der Waals surface area contributed by atoms with E-state index in [1.807, 2.05) is 6.26 Å². The van der Waals surface area contributed by atoms with Crippen LogP contribution in [-0.4, -0.2) is 27.9 Å². The molecule has 0 radical (unpaired) electrons. The van der Waals surface area contributed by atoms with Crippen LogP contribution in [0, 0.1) is 0 Å². The van der Waals surface area contributed by atoms with Crippen molar-refractivity contribution in [2.45, 2.75) is 148 Å². The molecule has 0 aromatic carbocycles. The number of ether oxygens (including phenoxy) is 1. The van der Waals surface area contributed by atoms with Gasteiger partial charge in [-0.3, -0.25) is 0 Å². The van der Waals surface area contributed by atoms with Crippen molar-refractivity contribution in [2.24, 2.45) is 0 Å². The van der Waals surface area contributed by atoms with E-state index in [-0.39, 0.29) is 16.2 Å². The number of hydrogen-bond acceptors (Lipinski definition) is 3. The third-order valence-corrected chi connectivity index (χ3v) is 11.7. The molecule has 0 N–H and O–H groups in total. The topological polar surface area (TPSA) is 27.7 Å². The van der Waals surface area contributed by atoms with Crippen LogP contribution in [0.15, 0.2) is 12.3 Å². The Bertz CT molecular complexity index is 462. The Morgan fingerprint density at radius 3 is 1.71 bits per heavy atom. The SMILES string of the molecule is CCCCCCCCCCCCCC/C=C\OCC1CO[Si](C(C)(C)C)(C(C)(C)C)O1. The third-order valence-electron chi connectivity index (χ3n) is 6.48. The monoisotopic (exact) mass is 454 g/mol. The first-order chi connectivity index (χ1) is 14.6. The normalized spacial score (nSPS) is 19.4. The summed E-state index contributed by atoms with van der Waals surface area (Å²) < 4.78 is 18.7. The van der Waals surface area contributed by atoms with E-state index in [0.717, 1.165) is 6.42 Å². The van der Waals surface area contributed by atoms with Gasteiger partial charge >= 0.3 is 8.56 Å². The van der Waals surface area contributed by atoms with E-state index in [4.69, 9.17) is 13.6 Å². The summed E-state index contributed by atoms with van der Waals surface area (Å²) in [6, 6.07) is 0. The number of unbranched alkanes of at least 4 members (excludes halogenated alkanes) is 12. The quantitative estimate of drug-likeness (QED) is 0.132. The van der Waals surface area contributed by atoms with E-state index in [1.165, 1.54) is 77.0 Å². The Hall–Kier alpha value is -0.323. The fourth-order valence-electron chi connectivity index (χ4n) is 4.91. The Morgan fingerprint density at radius 1 is 0.774 bits per heavy atom. The molecule has 1 heterocycles. The molecular formula is C27H54O3Si. The molecule has 0 bridgehead atoms. The molecule has 1 unspecified atom stereocenters. The predicted molar refractivity (Wildman–Crippen MR) is 137 cm³/mol. The highest BCUT2D eigenvalue weighted by molar-refractivity contribution is 6.73. The summed E-state index contributed by atoms with van der Waals surface area (Å²) in [6.07, 6.45) is 22.0. The van der Waals surface area contributed by atoms with Crippen LogP contribution in [0.2, 0.25) is 10.1 Å². The van der Waals surface area contributed by atoms with E-state index in [0.29, 0.717) is 13.2 Å². The standard InChI is InChI=1S/C27H54O3Si/c1-8-9-10-11-12-13-14-15-16-17-18-19-20-21-22-28-23-25-24-29-31(30-25,26(2,3)4)27(5,6)7/h21-22,25H,8-20,23-24H2,1-7H3/b22-21-. The van der Waals surface area contributed by atoms with Gasteiger partial charge in [0.1, 0.15) is 12.7 Å². The van der Waals surface area contributed by atoms with Crippen LogP contribution < -0.4 is 0 Å². The second-order valence-corrected chi connectivity index (χ2v) is 16.3. The molecule has 3 nitrogen and oxygen atoms in total. The predicted octanol–water partition coefficient (Wildman–Crippen LogP) is 9.07. The van der Waals surface area contributed by atoms with Gasteiger partial charge in [-0.15, -0.1) is 0 Å². The van der Waals surface area contributed by atoms with Gasteiger partial charge in [0.05, 0.1) is 12.9 Å². The van der Waals surface area contributed by atoms with Crippen LogP contribution in [0.5, 0.6) is 0 Å². The highest BCUT2D eigenvalue weighted by Crippen LogP contribution is 2.54. The van der Waals surface area contributed by atoms with Gasteiger partial charge < -0.3 is 13.6 Å². The second kappa shape index (κ2) is 14.7. The molecule has 184 valence electrons. The summed E-state index contributed by atoms with van der Waals surface area (Å²) in [7, 11) is -2.31. The number of hydrogen-bond donors (Lipinski definition) is 0. The van der Waals surface area contributed by atoms with Gasteiger partial charge in [0.2, 0.25) is 0 Å². The van der Waals surface area contributed by atoms with Crippen molar-refractivity contribution in [3.63, 3.8) is 0 Å². The van der Waals surface area contributed by atoms with E-state index in [1.54, 1.807) is 0 Å². The van der Waals surface area contributed by atoms with Crippen molar-refractivity contribution in [3.8, 4) is 0 Å². The highest BCUT2D eigenvalue weighted by atomic mass is 28.4. The zero-order valence-electron chi connectivity index (χ0n) is 22.1. The second-order valence-electron chi connectivity index (χ2n) is 11.6. The summed E-state index contributed by atoms with van der Waals surface area (Å²) in [5.41, 5.74) is 0. The highest BCUT2D eigenvalue weighted by Gasteiger charge is 2.62. The Balaban J connectivity index is 2.03. The lowest BCUT2D eigenvalue weighted by Gasteiger charge is -2.45. The van der Waals surface area contributed by atoms with Crippen molar-refractivity contribution in [3.05, 3.63) is 12.3 Å². The lowest BCUT2D eigenvalue weighted by Crippen LogP contribution is -2.54. The minimum atomic E-state index is -2.31. The molecule has 31 heavy (non-hydrogen) atoms. The molecule has 1 aliphatic rings. The molecule has 0 aliphatic carbocycles. The fraction of sp³-hybridized carbons (Fsp3) is 0.926. The van der Waals surface area contributed by atoms with Gasteiger partial charge in [-0.1, -0.05) is 119 Å². The zero-order chi connectivity index (χ0) is 23.2. The average molecular weight is 455 g/mol. The smallest absolute Gasteiger partial charge is 0.349 e. The van der Waals surface area contributed by atoms with Gasteiger partial charge in [0.25, 0.3) is 0 Å². The maximum atomic E-state index is 6.56. The van der Waals surface area contributed by atoms with Crippen molar-refractivity contribution in [2.75, 3.05) is 13.2 Å². The molecule has 0 spiro atoms. The van der Waals surface area contributed by atoms with E-state index < -0.39 is 8.56 Å². The van der Waals surface area contributed by atoms with Crippen molar-refractivity contribution in [1.82, 2.24) is 0 Å². The molecule has 4 heteroatoms. The van der Waals surface area contributed by atoms with Crippen LogP contribution in [0.3, 0.4) is 0 Å². The maximum Gasteiger partial charge on any atom is 0.349 e. The Labute approximate surface area is 196 Å². The van der Waals surface area contributed by atoms with Gasteiger partial charge in [0.15, 0.2) is 0 Å². The van der Waals surface area contributed by atoms with Crippen molar-refractivity contribution in [1.29, 1.82) is 0 Å². The van der Waals surface area contributed by atoms with Gasteiger partial charge in [-0.2, -0.15) is 0 Å². The molecule has 1 atom stereocenters. The van der Waals surface area contributed by atoms with Crippen LogP contribution in [-0.2, 0) is 13.6 Å². The lowest BCUT2D eigenvalue weighted by atomic mass is 10.0. The van der Waals surface area contributed by atoms with Crippen LogP contribution in [0.1, 0.15) is 132 Å². The summed E-state index contributed by atoms with van der Waals surface area (Å²) in [5.74, 6) is 0. The first kappa shape index (κ1) is 28.7. The van der Waals surface area contributed by atoms with Gasteiger partial charge in [-0.25, -0.2) is 0 Å². The number of allylic oxidation sites excluding steroid dienone is 1. The number of rotatable bonds is 16. The molecule has 0 aromatic rings. The van der Waals surface area contributed by atoms with Crippen LogP contribution >= 0.6 is 0 Å². The molecular weight excluding hydrogens is 400 g/mol. The molecule has 1 saturated heterocycles. The lowest BCUT2D eigenvalue weighted by molar-refractivity contribution is 0.110. The molecule has 0 saturated carbocycles. The summed E-state index contributed by atoms with van der Waals surface area (Å²) in [6.45, 7) is 17.1. The minimum Gasteiger partial charge on any atom is -0.499 e. The molecule has 1 rings (SSSR count). The Kier molecular flexibility index (Phi) is 13.7. The van der Waals surface area contributed by atoms with Crippen molar-refractivity contribution >= 4 is 8.56 Å². The largest absolute Gasteiger partial charge is 0.499 e. The molecule has 1 fully saturated rings. The Morgan fingerprint density at radius 2 is 1.26 bits per heavy atom. The zero-order valence-corrected chi connectivity index (χ0v) is 23.1. The molecule has 1 aliphatic heterocycles. The van der Waals surface area contributed by atoms with Crippen LogP contribution in [0.25, 0.3) is 0 Å².